The summed E-state index contributed by atoms with van der Waals surface area (Å²) in [5.74, 6) is -1.39. The Morgan fingerprint density at radius 1 is 0.886 bits per heavy atom. The predicted octanol–water partition coefficient (Wildman–Crippen LogP) is 7.31. The van der Waals surface area contributed by atoms with Crippen molar-refractivity contribution in [1.29, 1.82) is 0 Å². The zero-order chi connectivity index (χ0) is 24.5. The SMILES string of the molecule is O=CC(NSc1ccc(OCC2CCCCC2)cc1)C(F)(F)c1ccc(OC2CCCCC2)cc1. The van der Waals surface area contributed by atoms with Gasteiger partial charge in [-0.05, 0) is 105 Å². The van der Waals surface area contributed by atoms with E-state index in [-0.39, 0.29) is 18.0 Å². The number of benzene rings is 2. The molecule has 1 atom stereocenters. The van der Waals surface area contributed by atoms with Crippen LogP contribution in [0.4, 0.5) is 8.78 Å². The van der Waals surface area contributed by atoms with Gasteiger partial charge in [0.25, 0.3) is 5.92 Å². The number of rotatable bonds is 11. The minimum absolute atomic E-state index is 0.153. The van der Waals surface area contributed by atoms with E-state index in [1.54, 1.807) is 12.1 Å². The van der Waals surface area contributed by atoms with Crippen LogP contribution in [-0.2, 0) is 10.7 Å². The van der Waals surface area contributed by atoms with Crippen molar-refractivity contribution in [2.24, 2.45) is 5.92 Å². The zero-order valence-corrected chi connectivity index (χ0v) is 20.9. The van der Waals surface area contributed by atoms with E-state index >= 15 is 8.78 Å². The van der Waals surface area contributed by atoms with Gasteiger partial charge in [-0.25, -0.2) is 4.72 Å². The van der Waals surface area contributed by atoms with Gasteiger partial charge >= 0.3 is 0 Å². The van der Waals surface area contributed by atoms with E-state index in [9.17, 15) is 4.79 Å². The van der Waals surface area contributed by atoms with Gasteiger partial charge in [0, 0.05) is 10.5 Å². The van der Waals surface area contributed by atoms with E-state index in [1.807, 2.05) is 24.3 Å². The van der Waals surface area contributed by atoms with Gasteiger partial charge in [0.2, 0.25) is 0 Å². The number of hydrogen-bond donors (Lipinski definition) is 1. The molecule has 190 valence electrons. The predicted molar refractivity (Wildman–Crippen MR) is 135 cm³/mol. The number of carbonyl (C=O) groups excluding carboxylic acids is 1. The second-order valence-electron chi connectivity index (χ2n) is 9.65. The van der Waals surface area contributed by atoms with Crippen LogP contribution in [0.5, 0.6) is 11.5 Å². The number of aldehydes is 1. The molecule has 0 amide bonds. The highest BCUT2D eigenvalue weighted by atomic mass is 32.2. The summed E-state index contributed by atoms with van der Waals surface area (Å²) in [6.07, 6.45) is 12.2. The molecule has 4 nitrogen and oxygen atoms in total. The Kier molecular flexibility index (Phi) is 9.44. The van der Waals surface area contributed by atoms with E-state index in [2.05, 4.69) is 4.72 Å². The third-order valence-corrected chi connectivity index (χ3v) is 7.84. The lowest BCUT2D eigenvalue weighted by molar-refractivity contribution is -0.119. The summed E-state index contributed by atoms with van der Waals surface area (Å²) in [6.45, 7) is 0.717. The molecule has 0 heterocycles. The number of alkyl halides is 2. The van der Waals surface area contributed by atoms with Crippen molar-refractivity contribution >= 4 is 18.2 Å². The second kappa shape index (κ2) is 12.7. The summed E-state index contributed by atoms with van der Waals surface area (Å²) >= 11 is 1.01. The summed E-state index contributed by atoms with van der Waals surface area (Å²) < 4.78 is 44.6. The summed E-state index contributed by atoms with van der Waals surface area (Å²) in [5.41, 5.74) is -0.217. The first-order valence-electron chi connectivity index (χ1n) is 12.8. The monoisotopic (exact) mass is 503 g/mol. The van der Waals surface area contributed by atoms with Crippen LogP contribution in [0.25, 0.3) is 0 Å². The fraction of sp³-hybridized carbons (Fsp3) is 0.536. The van der Waals surface area contributed by atoms with Crippen LogP contribution >= 0.6 is 11.9 Å². The molecule has 2 saturated carbocycles. The van der Waals surface area contributed by atoms with E-state index in [1.165, 1.54) is 50.7 Å². The lowest BCUT2D eigenvalue weighted by atomic mass is 9.90. The first kappa shape index (κ1) is 26.0. The van der Waals surface area contributed by atoms with Crippen LogP contribution in [0.2, 0.25) is 0 Å². The van der Waals surface area contributed by atoms with Gasteiger partial charge in [-0.2, -0.15) is 8.78 Å². The highest BCUT2D eigenvalue weighted by molar-refractivity contribution is 7.97. The van der Waals surface area contributed by atoms with Gasteiger partial charge in [-0.15, -0.1) is 0 Å². The highest BCUT2D eigenvalue weighted by Crippen LogP contribution is 2.34. The van der Waals surface area contributed by atoms with Crippen LogP contribution < -0.4 is 14.2 Å². The topological polar surface area (TPSA) is 47.6 Å². The molecule has 7 heteroatoms. The molecule has 2 aliphatic carbocycles. The molecule has 1 unspecified atom stereocenters. The first-order chi connectivity index (χ1) is 17.0. The molecule has 2 aliphatic rings. The molecule has 0 aromatic heterocycles. The fourth-order valence-electron chi connectivity index (χ4n) is 4.80. The third-order valence-electron chi connectivity index (χ3n) is 6.96. The average Bonchev–Trinajstić information content (AvgIpc) is 2.90. The van der Waals surface area contributed by atoms with Gasteiger partial charge < -0.3 is 14.3 Å². The summed E-state index contributed by atoms with van der Waals surface area (Å²) in [6, 6.07) is 11.5. The zero-order valence-electron chi connectivity index (χ0n) is 20.1. The third kappa shape index (κ3) is 7.43. The molecule has 0 aliphatic heterocycles. The van der Waals surface area contributed by atoms with Gasteiger partial charge in [0.1, 0.15) is 23.8 Å². The molecule has 2 aromatic rings. The maximum atomic E-state index is 15.1. The molecule has 2 fully saturated rings. The highest BCUT2D eigenvalue weighted by Gasteiger charge is 2.41. The Hall–Kier alpha value is -2.12. The summed E-state index contributed by atoms with van der Waals surface area (Å²) in [4.78, 5) is 12.3. The van der Waals surface area contributed by atoms with Gasteiger partial charge in [0.05, 0.1) is 12.7 Å². The maximum absolute atomic E-state index is 15.1. The largest absolute Gasteiger partial charge is 0.493 e. The van der Waals surface area contributed by atoms with Gasteiger partial charge in [-0.3, -0.25) is 0 Å². The van der Waals surface area contributed by atoms with E-state index in [4.69, 9.17) is 9.47 Å². The minimum Gasteiger partial charge on any atom is -0.493 e. The number of nitrogens with one attached hydrogen (secondary N) is 1. The number of carbonyl (C=O) groups is 1. The molecule has 0 saturated heterocycles. The number of ether oxygens (including phenoxy) is 2. The molecule has 0 radical (unpaired) electrons. The average molecular weight is 504 g/mol. The van der Waals surface area contributed by atoms with Crippen molar-refractivity contribution in [1.82, 2.24) is 4.72 Å². The Labute approximate surface area is 211 Å². The lowest BCUT2D eigenvalue weighted by Gasteiger charge is -2.25. The van der Waals surface area contributed by atoms with Gasteiger partial charge in [-0.1, -0.05) is 25.7 Å². The Morgan fingerprint density at radius 3 is 2.11 bits per heavy atom. The molecule has 1 N–H and O–H groups in total. The lowest BCUT2D eigenvalue weighted by Crippen LogP contribution is -2.41. The minimum atomic E-state index is -3.36. The Morgan fingerprint density at radius 2 is 1.49 bits per heavy atom. The maximum Gasteiger partial charge on any atom is 0.295 e. The van der Waals surface area contributed by atoms with Crippen molar-refractivity contribution in [2.75, 3.05) is 6.61 Å². The normalized spacial score (nSPS) is 18.7. The van der Waals surface area contributed by atoms with E-state index < -0.39 is 12.0 Å². The fourth-order valence-corrected chi connectivity index (χ4v) is 5.54. The molecule has 0 spiro atoms. The molecular weight excluding hydrogens is 468 g/mol. The van der Waals surface area contributed by atoms with Crippen molar-refractivity contribution < 1.29 is 23.0 Å². The molecule has 2 aromatic carbocycles. The Bertz CT molecular complexity index is 911. The molecular formula is C28H35F2NO3S. The molecule has 0 bridgehead atoms. The number of hydrogen-bond acceptors (Lipinski definition) is 5. The van der Waals surface area contributed by atoms with Crippen LogP contribution in [0, 0.1) is 5.92 Å². The molecule has 35 heavy (non-hydrogen) atoms. The quantitative estimate of drug-likeness (QED) is 0.257. The van der Waals surface area contributed by atoms with Crippen LogP contribution in [0.3, 0.4) is 0 Å². The summed E-state index contributed by atoms with van der Waals surface area (Å²) in [7, 11) is 0. The second-order valence-corrected chi connectivity index (χ2v) is 10.6. The number of halogens is 2. The van der Waals surface area contributed by atoms with Crippen LogP contribution in [-0.4, -0.2) is 25.0 Å². The Balaban J connectivity index is 1.28. The van der Waals surface area contributed by atoms with Crippen LogP contribution in [0.1, 0.15) is 69.8 Å². The standard InChI is InChI=1S/C28H35F2NO3S/c29-28(30,22-11-13-25(14-12-22)34-24-9-5-2-6-10-24)27(19-32)31-35-26-17-15-23(16-18-26)33-20-21-7-3-1-4-8-21/h11-19,21,24,27,31H,1-10,20H2. The molecule has 4 rings (SSSR count). The summed E-state index contributed by atoms with van der Waals surface area (Å²) in [5, 5.41) is 0. The van der Waals surface area contributed by atoms with Crippen molar-refractivity contribution in [2.45, 2.75) is 87.2 Å². The smallest absolute Gasteiger partial charge is 0.295 e. The van der Waals surface area contributed by atoms with Crippen LogP contribution in [0.15, 0.2) is 53.4 Å². The van der Waals surface area contributed by atoms with Crippen molar-refractivity contribution in [3.05, 3.63) is 54.1 Å². The van der Waals surface area contributed by atoms with Crippen molar-refractivity contribution in [3.63, 3.8) is 0 Å². The van der Waals surface area contributed by atoms with E-state index in [0.717, 1.165) is 48.3 Å². The first-order valence-corrected chi connectivity index (χ1v) is 13.6. The van der Waals surface area contributed by atoms with E-state index in [0.29, 0.717) is 18.3 Å². The van der Waals surface area contributed by atoms with Crippen molar-refractivity contribution in [3.8, 4) is 11.5 Å². The van der Waals surface area contributed by atoms with Gasteiger partial charge in [0.15, 0.2) is 0 Å².